The molecule has 0 aliphatic heterocycles. The maximum atomic E-state index is 15.5. The van der Waals surface area contributed by atoms with Crippen molar-refractivity contribution in [3.63, 3.8) is 0 Å². The number of aromatic hydroxyl groups is 2. The highest BCUT2D eigenvalue weighted by Crippen LogP contribution is 2.58. The molecule has 0 atom stereocenters. The van der Waals surface area contributed by atoms with Crippen LogP contribution in [-0.2, 0) is 16.2 Å². The second-order valence-corrected chi connectivity index (χ2v) is 16.8. The van der Waals surface area contributed by atoms with Crippen molar-refractivity contribution in [3.8, 4) is 33.8 Å². The number of carbonyl (C=O) groups is 2. The summed E-state index contributed by atoms with van der Waals surface area (Å²) in [6.45, 7) is 7.98. The molecule has 2 amide bonds. The number of fused-ring (bicyclic) bond motifs is 6. The van der Waals surface area contributed by atoms with Crippen molar-refractivity contribution in [2.45, 2.75) is 82.0 Å². The van der Waals surface area contributed by atoms with Crippen LogP contribution in [0.1, 0.15) is 107 Å². The number of hydrogen-bond donors (Lipinski definition) is 6. The minimum Gasteiger partial charge on any atom is -0.506 e. The fraction of sp³-hybridized carbons (Fsp3) is 0.255. The highest BCUT2D eigenvalue weighted by Gasteiger charge is 2.72. The average Bonchev–Trinajstić information content (AvgIpc) is 3.69. The first kappa shape index (κ1) is 44.6. The maximum Gasteiger partial charge on any atom is 0.411 e. The number of rotatable bonds is 10. The molecule has 0 spiro atoms. The molecule has 2 aliphatic carbocycles. The van der Waals surface area contributed by atoms with E-state index in [2.05, 4.69) is 10.6 Å². The Balaban J connectivity index is 1.15. The Morgan fingerprint density at radius 1 is 0.492 bits per heavy atom. The highest BCUT2D eigenvalue weighted by atomic mass is 19.4. The number of phenolic OH excluding ortho intramolecular Hbond substituents is 2. The molecule has 8 N–H and O–H groups in total. The molecule has 0 bridgehead atoms. The van der Waals surface area contributed by atoms with Crippen molar-refractivity contribution >= 4 is 34.6 Å². The summed E-state index contributed by atoms with van der Waals surface area (Å²) in [6.07, 6.45) is -9.66. The van der Waals surface area contributed by atoms with Crippen LogP contribution in [0.25, 0.3) is 22.3 Å². The van der Waals surface area contributed by atoms with E-state index in [1.807, 2.05) is 52.0 Å². The van der Waals surface area contributed by atoms with Gasteiger partial charge < -0.3 is 32.3 Å². The average molecular weight is 893 g/mol. The number of alkyl halides is 6. The normalized spacial score (nSPS) is 14.6. The van der Waals surface area contributed by atoms with Crippen LogP contribution >= 0.6 is 0 Å². The van der Waals surface area contributed by atoms with E-state index in [0.29, 0.717) is 73.5 Å². The molecule has 6 aromatic rings. The molecular formula is C51H46F6N4O4. The van der Waals surface area contributed by atoms with Crippen LogP contribution in [0.15, 0.2) is 109 Å². The Labute approximate surface area is 371 Å². The Morgan fingerprint density at radius 3 is 1.14 bits per heavy atom. The van der Waals surface area contributed by atoms with Gasteiger partial charge >= 0.3 is 12.4 Å². The van der Waals surface area contributed by atoms with E-state index >= 15 is 26.3 Å². The SMILES string of the molecule is CCC1(CC)c2cc(N)ccc2-c2ccc(C(=O)Nc3cc(C(c4ccc(O)c(NC(=O)c5ccc6c(c5)C(CC)(CC)c5cc(N)ccc5-6)c4)(C(F)(F)F)C(F)(F)F)ccc3O)cc21. The van der Waals surface area contributed by atoms with Crippen LogP contribution in [0, 0.1) is 0 Å². The quantitative estimate of drug-likeness (QED) is 0.0458. The number of amides is 2. The van der Waals surface area contributed by atoms with Crippen LogP contribution < -0.4 is 22.1 Å². The Kier molecular flexibility index (Phi) is 10.7. The fourth-order valence-electron chi connectivity index (χ4n) is 10.4. The molecule has 0 radical (unpaired) electrons. The summed E-state index contributed by atoms with van der Waals surface area (Å²) >= 11 is 0. The van der Waals surface area contributed by atoms with Crippen LogP contribution in [0.4, 0.5) is 49.1 Å². The van der Waals surface area contributed by atoms with E-state index in [1.54, 1.807) is 36.4 Å². The van der Waals surface area contributed by atoms with Gasteiger partial charge in [-0.2, -0.15) is 26.3 Å². The molecule has 0 saturated heterocycles. The molecule has 14 heteroatoms. The molecule has 0 unspecified atom stereocenters. The number of nitrogens with one attached hydrogen (secondary N) is 2. The molecule has 0 aromatic heterocycles. The van der Waals surface area contributed by atoms with Crippen molar-refractivity contribution in [2.24, 2.45) is 0 Å². The lowest BCUT2D eigenvalue weighted by atomic mass is 9.72. The number of anilines is 4. The van der Waals surface area contributed by atoms with Gasteiger partial charge in [-0.3, -0.25) is 9.59 Å². The van der Waals surface area contributed by atoms with E-state index in [1.165, 1.54) is 12.1 Å². The first-order valence-electron chi connectivity index (χ1n) is 21.2. The summed E-state index contributed by atoms with van der Waals surface area (Å²) in [5, 5.41) is 26.3. The van der Waals surface area contributed by atoms with E-state index < -0.39 is 74.4 Å². The van der Waals surface area contributed by atoms with Gasteiger partial charge in [0.1, 0.15) is 11.5 Å². The molecule has 0 fully saturated rings. The Morgan fingerprint density at radius 2 is 0.815 bits per heavy atom. The van der Waals surface area contributed by atoms with Gasteiger partial charge in [0.15, 0.2) is 0 Å². The zero-order valence-corrected chi connectivity index (χ0v) is 35.9. The van der Waals surface area contributed by atoms with Gasteiger partial charge in [-0.05, 0) is 154 Å². The lowest BCUT2D eigenvalue weighted by molar-refractivity contribution is -0.288. The van der Waals surface area contributed by atoms with E-state index in [-0.39, 0.29) is 11.1 Å². The van der Waals surface area contributed by atoms with Crippen LogP contribution in [-0.4, -0.2) is 34.4 Å². The second-order valence-electron chi connectivity index (χ2n) is 16.8. The summed E-state index contributed by atoms with van der Waals surface area (Å²) < 4.78 is 93.2. The monoisotopic (exact) mass is 892 g/mol. The molecule has 2 aliphatic rings. The highest BCUT2D eigenvalue weighted by molar-refractivity contribution is 6.07. The number of phenols is 2. The standard InChI is InChI=1S/C51H46F6N4O4/c1-5-47(6-2)37-21-27(9-15-33(37)35-17-13-31(58)25-39(35)47)45(64)60-41-23-29(11-19-43(41)62)49(50(52,53)54,51(55,56)57)30-12-20-44(63)42(24-30)61-46(65)28-10-16-34-36-18-14-32(59)26-40(36)48(7-3,8-4)38(34)22-28/h9-26,62-63H,5-8,58-59H2,1-4H3,(H,60,64)(H,61,65). The minimum atomic E-state index is -6.11. The van der Waals surface area contributed by atoms with Crippen molar-refractivity contribution in [2.75, 3.05) is 22.1 Å². The first-order valence-corrected chi connectivity index (χ1v) is 21.2. The van der Waals surface area contributed by atoms with Crippen molar-refractivity contribution in [1.82, 2.24) is 0 Å². The third kappa shape index (κ3) is 6.66. The fourth-order valence-corrected chi connectivity index (χ4v) is 10.4. The Bertz CT molecular complexity index is 2720. The summed E-state index contributed by atoms with van der Waals surface area (Å²) in [6, 6.07) is 23.9. The topological polar surface area (TPSA) is 151 Å². The number of carbonyl (C=O) groups excluding carboxylic acids is 2. The first-order chi connectivity index (χ1) is 30.7. The van der Waals surface area contributed by atoms with Crippen LogP contribution in [0.3, 0.4) is 0 Å². The van der Waals surface area contributed by atoms with Crippen molar-refractivity contribution in [1.29, 1.82) is 0 Å². The summed E-state index contributed by atoms with van der Waals surface area (Å²) in [5.41, 5.74) is 10.5. The van der Waals surface area contributed by atoms with Gasteiger partial charge in [0.2, 0.25) is 5.41 Å². The van der Waals surface area contributed by atoms with Crippen molar-refractivity contribution < 1.29 is 46.1 Å². The molecule has 8 nitrogen and oxygen atoms in total. The molecule has 336 valence electrons. The summed E-state index contributed by atoms with van der Waals surface area (Å²) in [7, 11) is 0. The summed E-state index contributed by atoms with van der Waals surface area (Å²) in [4.78, 5) is 27.7. The lowest BCUT2D eigenvalue weighted by Crippen LogP contribution is -2.54. The van der Waals surface area contributed by atoms with Gasteiger partial charge in [-0.1, -0.05) is 64.1 Å². The van der Waals surface area contributed by atoms with Gasteiger partial charge in [0.05, 0.1) is 11.4 Å². The predicted molar refractivity (Wildman–Crippen MR) is 240 cm³/mol. The smallest absolute Gasteiger partial charge is 0.411 e. The van der Waals surface area contributed by atoms with Gasteiger partial charge in [0, 0.05) is 33.3 Å². The van der Waals surface area contributed by atoms with Gasteiger partial charge in [-0.25, -0.2) is 0 Å². The largest absolute Gasteiger partial charge is 0.506 e. The third-order valence-electron chi connectivity index (χ3n) is 13.9. The van der Waals surface area contributed by atoms with E-state index in [0.717, 1.165) is 44.5 Å². The number of nitrogens with two attached hydrogens (primary N) is 2. The zero-order chi connectivity index (χ0) is 47.0. The number of benzene rings is 6. The number of halogens is 6. The molecule has 8 rings (SSSR count). The van der Waals surface area contributed by atoms with Crippen molar-refractivity contribution in [3.05, 3.63) is 154 Å². The number of nitrogen functional groups attached to an aromatic ring is 2. The van der Waals surface area contributed by atoms with Gasteiger partial charge in [-0.15, -0.1) is 0 Å². The van der Waals surface area contributed by atoms with Crippen LogP contribution in [0.5, 0.6) is 11.5 Å². The predicted octanol–water partition coefficient (Wildman–Crippen LogP) is 12.4. The molecular weight excluding hydrogens is 847 g/mol. The number of hydrogen-bond acceptors (Lipinski definition) is 6. The Hall–Kier alpha value is -6.96. The second kappa shape index (κ2) is 15.6. The third-order valence-corrected chi connectivity index (χ3v) is 13.9. The van der Waals surface area contributed by atoms with Crippen LogP contribution in [0.2, 0.25) is 0 Å². The van der Waals surface area contributed by atoms with Gasteiger partial charge in [0.25, 0.3) is 11.8 Å². The molecule has 65 heavy (non-hydrogen) atoms. The summed E-state index contributed by atoms with van der Waals surface area (Å²) in [5.74, 6) is -3.39. The van der Waals surface area contributed by atoms with E-state index in [4.69, 9.17) is 11.5 Å². The lowest BCUT2D eigenvalue weighted by Gasteiger charge is -2.38. The maximum absolute atomic E-state index is 15.5. The zero-order valence-electron chi connectivity index (χ0n) is 35.9. The molecule has 6 aromatic carbocycles. The molecule has 0 heterocycles. The van der Waals surface area contributed by atoms with E-state index in [9.17, 15) is 19.8 Å². The molecule has 0 saturated carbocycles. The minimum absolute atomic E-state index is 0.0464.